The van der Waals surface area contributed by atoms with Crippen LogP contribution in [0.1, 0.15) is 19.3 Å². The lowest BCUT2D eigenvalue weighted by atomic mass is 9.85. The van der Waals surface area contributed by atoms with Crippen molar-refractivity contribution in [3.63, 3.8) is 0 Å². The average Bonchev–Trinajstić information content (AvgIpc) is 2.02. The number of hydrogen-bond donors (Lipinski definition) is 1. The second-order valence-corrected chi connectivity index (χ2v) is 3.18. The number of fused-ring (bicyclic) bond motifs is 2. The normalized spacial score (nSPS) is 42.5. The molecule has 4 nitrogen and oxygen atoms in total. The number of rotatable bonds is 0. The van der Waals surface area contributed by atoms with Gasteiger partial charge in [-0.3, -0.25) is 4.79 Å². The van der Waals surface area contributed by atoms with Crippen LogP contribution in [0.5, 0.6) is 0 Å². The van der Waals surface area contributed by atoms with Crippen molar-refractivity contribution in [1.29, 1.82) is 0 Å². The van der Waals surface area contributed by atoms with Gasteiger partial charge in [0.15, 0.2) is 5.60 Å². The fourth-order valence-electron chi connectivity index (χ4n) is 1.67. The number of hydrogen-bond acceptors (Lipinski definition) is 4. The summed E-state index contributed by atoms with van der Waals surface area (Å²) in [5, 5.41) is 9.47. The molecule has 1 aliphatic heterocycles. The minimum atomic E-state index is -1.49. The highest BCUT2D eigenvalue weighted by Crippen LogP contribution is 2.35. The highest BCUT2D eigenvalue weighted by Gasteiger charge is 2.52. The predicted octanol–water partition coefficient (Wildman–Crippen LogP) is -0.604. The quantitative estimate of drug-likeness (QED) is 0.475. The summed E-state index contributed by atoms with van der Waals surface area (Å²) in [5.41, 5.74) is -1.49. The zero-order valence-corrected chi connectivity index (χ0v) is 5.87. The Balaban J connectivity index is 2.31. The maximum absolute atomic E-state index is 10.9. The zero-order chi connectivity index (χ0) is 8.06. The van der Waals surface area contributed by atoms with Gasteiger partial charge in [-0.05, 0) is 0 Å². The first-order valence-corrected chi connectivity index (χ1v) is 3.55. The maximum Gasteiger partial charge on any atom is 0.339 e. The third-order valence-corrected chi connectivity index (χ3v) is 2.16. The van der Waals surface area contributed by atoms with Gasteiger partial charge < -0.3 is 9.84 Å². The molecule has 2 atom stereocenters. The highest BCUT2D eigenvalue weighted by atomic mass is 16.6. The summed E-state index contributed by atoms with van der Waals surface area (Å²) in [6.07, 6.45) is 0.127. The monoisotopic (exact) mass is 156 g/mol. The van der Waals surface area contributed by atoms with Crippen molar-refractivity contribution in [1.82, 2.24) is 0 Å². The Bertz CT molecular complexity index is 235. The molecule has 0 amide bonds. The first-order chi connectivity index (χ1) is 5.10. The van der Waals surface area contributed by atoms with Gasteiger partial charge in [0.05, 0.1) is 0 Å². The molecular formula is C7H8O4. The molecule has 60 valence electrons. The van der Waals surface area contributed by atoms with E-state index in [9.17, 15) is 14.7 Å². The topological polar surface area (TPSA) is 63.6 Å². The fourth-order valence-corrected chi connectivity index (χ4v) is 1.67. The van der Waals surface area contributed by atoms with E-state index in [0.29, 0.717) is 0 Å². The summed E-state index contributed by atoms with van der Waals surface area (Å²) in [7, 11) is 0. The van der Waals surface area contributed by atoms with Crippen molar-refractivity contribution >= 4 is 11.8 Å². The third-order valence-electron chi connectivity index (χ3n) is 2.16. The molecule has 2 unspecified atom stereocenters. The van der Waals surface area contributed by atoms with Crippen LogP contribution in [-0.4, -0.2) is 28.6 Å². The van der Waals surface area contributed by atoms with Crippen LogP contribution in [-0.2, 0) is 14.3 Å². The predicted molar refractivity (Wildman–Crippen MR) is 33.7 cm³/mol. The molecule has 0 aromatic rings. The summed E-state index contributed by atoms with van der Waals surface area (Å²) in [4.78, 5) is 21.8. The van der Waals surface area contributed by atoms with Crippen LogP contribution >= 0.6 is 0 Å². The van der Waals surface area contributed by atoms with Crippen LogP contribution < -0.4 is 0 Å². The number of carbonyl (C=O) groups is 2. The van der Waals surface area contributed by atoms with Gasteiger partial charge in [0.2, 0.25) is 0 Å². The smallest absolute Gasteiger partial charge is 0.339 e. The zero-order valence-electron chi connectivity index (χ0n) is 5.87. The van der Waals surface area contributed by atoms with Crippen LogP contribution in [0.4, 0.5) is 0 Å². The van der Waals surface area contributed by atoms with Gasteiger partial charge in [0.25, 0.3) is 0 Å². The van der Waals surface area contributed by atoms with Gasteiger partial charge in [-0.1, -0.05) is 0 Å². The van der Waals surface area contributed by atoms with E-state index in [2.05, 4.69) is 0 Å². The number of aliphatic hydroxyl groups is 1. The lowest BCUT2D eigenvalue weighted by molar-refractivity contribution is -0.154. The second-order valence-electron chi connectivity index (χ2n) is 3.18. The molecule has 11 heavy (non-hydrogen) atoms. The van der Waals surface area contributed by atoms with Crippen molar-refractivity contribution in [2.75, 3.05) is 0 Å². The molecule has 0 aromatic carbocycles. The molecule has 0 aromatic heterocycles. The fraction of sp³-hybridized carbons (Fsp3) is 0.714. The summed E-state index contributed by atoms with van der Waals surface area (Å²) in [6.45, 7) is 0. The largest absolute Gasteiger partial charge is 0.460 e. The molecule has 2 rings (SSSR count). The summed E-state index contributed by atoms with van der Waals surface area (Å²) in [6, 6.07) is 0. The highest BCUT2D eigenvalue weighted by molar-refractivity contribution is 5.93. The molecular weight excluding hydrogens is 148 g/mol. The Morgan fingerprint density at radius 3 is 2.91 bits per heavy atom. The lowest BCUT2D eigenvalue weighted by Gasteiger charge is -2.19. The van der Waals surface area contributed by atoms with Crippen molar-refractivity contribution in [3.8, 4) is 0 Å². The molecule has 1 saturated carbocycles. The molecule has 2 fully saturated rings. The lowest BCUT2D eigenvalue weighted by Crippen LogP contribution is -2.39. The third kappa shape index (κ3) is 0.860. The number of ether oxygens (including phenoxy) is 1. The summed E-state index contributed by atoms with van der Waals surface area (Å²) in [5.74, 6) is -0.719. The van der Waals surface area contributed by atoms with Crippen LogP contribution in [0.15, 0.2) is 0 Å². The first kappa shape index (κ1) is 6.79. The standard InChI is InChI=1S/C7H8O4/c8-4-1-5-3-7(10,2-4)6(9)11-5/h5,10H,1-3H2. The SMILES string of the molecule is O=C1CC2CC(O)(C1)C(=O)O2. The number of carbonyl (C=O) groups excluding carboxylic acids is 2. The minimum Gasteiger partial charge on any atom is -0.460 e. The van der Waals surface area contributed by atoms with Gasteiger partial charge in [-0.15, -0.1) is 0 Å². The van der Waals surface area contributed by atoms with Gasteiger partial charge >= 0.3 is 5.97 Å². The number of esters is 1. The van der Waals surface area contributed by atoms with Crippen LogP contribution in [0.25, 0.3) is 0 Å². The second kappa shape index (κ2) is 1.82. The van der Waals surface area contributed by atoms with E-state index in [0.717, 1.165) is 0 Å². The Kier molecular flexibility index (Phi) is 1.12. The summed E-state index contributed by atoms with van der Waals surface area (Å²) >= 11 is 0. The van der Waals surface area contributed by atoms with Gasteiger partial charge in [-0.2, -0.15) is 0 Å². The Morgan fingerprint density at radius 2 is 2.27 bits per heavy atom. The van der Waals surface area contributed by atoms with E-state index in [1.165, 1.54) is 0 Å². The molecule has 1 aliphatic carbocycles. The van der Waals surface area contributed by atoms with Crippen molar-refractivity contribution in [2.45, 2.75) is 31.0 Å². The van der Waals surface area contributed by atoms with Gasteiger partial charge in [-0.25, -0.2) is 4.79 Å². The van der Waals surface area contributed by atoms with E-state index in [1.54, 1.807) is 0 Å². The molecule has 1 heterocycles. The van der Waals surface area contributed by atoms with Crippen LogP contribution in [0, 0.1) is 0 Å². The summed E-state index contributed by atoms with van der Waals surface area (Å²) < 4.78 is 4.75. The molecule has 1 N–H and O–H groups in total. The molecule has 0 spiro atoms. The van der Waals surface area contributed by atoms with Gasteiger partial charge in [0, 0.05) is 19.3 Å². The molecule has 1 saturated heterocycles. The maximum atomic E-state index is 10.9. The minimum absolute atomic E-state index is 0.0671. The van der Waals surface area contributed by atoms with Crippen LogP contribution in [0.3, 0.4) is 0 Å². The Hall–Kier alpha value is -0.900. The van der Waals surface area contributed by atoms with Crippen molar-refractivity contribution in [3.05, 3.63) is 0 Å². The Morgan fingerprint density at radius 1 is 1.55 bits per heavy atom. The number of ketones is 1. The van der Waals surface area contributed by atoms with Crippen molar-refractivity contribution in [2.24, 2.45) is 0 Å². The number of Topliss-reactive ketones (excluding diaryl/α,β-unsaturated/α-hetero) is 1. The molecule has 0 radical (unpaired) electrons. The Labute approximate surface area is 63.1 Å². The van der Waals surface area contributed by atoms with E-state index in [-0.39, 0.29) is 31.1 Å². The van der Waals surface area contributed by atoms with E-state index in [4.69, 9.17) is 4.74 Å². The van der Waals surface area contributed by atoms with Crippen molar-refractivity contribution < 1.29 is 19.4 Å². The van der Waals surface area contributed by atoms with E-state index >= 15 is 0 Å². The van der Waals surface area contributed by atoms with E-state index in [1.807, 2.05) is 0 Å². The first-order valence-electron chi connectivity index (χ1n) is 3.55. The van der Waals surface area contributed by atoms with Crippen LogP contribution in [0.2, 0.25) is 0 Å². The average molecular weight is 156 g/mol. The van der Waals surface area contributed by atoms with E-state index < -0.39 is 11.6 Å². The molecule has 2 aliphatic rings. The van der Waals surface area contributed by atoms with Gasteiger partial charge in [0.1, 0.15) is 11.9 Å². The molecule has 2 bridgehead atoms. The molecule has 4 heteroatoms.